The number of aromatic nitrogens is 1. The third kappa shape index (κ3) is 3.72. The summed E-state index contributed by atoms with van der Waals surface area (Å²) in [6.07, 6.45) is 0.588. The Kier molecular flexibility index (Phi) is 4.98. The molecule has 0 saturated heterocycles. The summed E-state index contributed by atoms with van der Waals surface area (Å²) in [6, 6.07) is 15.6. The molecule has 0 aliphatic heterocycles. The van der Waals surface area contributed by atoms with Gasteiger partial charge < -0.3 is 19.1 Å². The third-order valence-electron chi connectivity index (χ3n) is 4.25. The number of ether oxygens (including phenoxy) is 2. The minimum absolute atomic E-state index is 0.328. The Hall–Kier alpha value is -3.21. The molecule has 0 unspecified atom stereocenters. The molecule has 1 aromatic heterocycles. The van der Waals surface area contributed by atoms with Gasteiger partial charge in [0.15, 0.2) is 0 Å². The van der Waals surface area contributed by atoms with Crippen LogP contribution >= 0.6 is 0 Å². The Morgan fingerprint density at radius 1 is 1.04 bits per heavy atom. The van der Waals surface area contributed by atoms with Crippen LogP contribution in [0.15, 0.2) is 54.7 Å². The van der Waals surface area contributed by atoms with Gasteiger partial charge in [0.25, 0.3) is 0 Å². The molecule has 1 heterocycles. The zero-order chi connectivity index (χ0) is 18.7. The van der Waals surface area contributed by atoms with E-state index in [-0.39, 0.29) is 0 Å². The summed E-state index contributed by atoms with van der Waals surface area (Å²) in [5.41, 5.74) is 4.84. The SMILES string of the molecule is COc1ccc(Cn2cc(C)c(-c3ccc(C)cc3)c2OC(=O)O)cc1. The van der Waals surface area contributed by atoms with Crippen molar-refractivity contribution < 1.29 is 19.4 Å². The van der Waals surface area contributed by atoms with Crippen LogP contribution in [-0.2, 0) is 6.54 Å². The van der Waals surface area contributed by atoms with Gasteiger partial charge in [-0.3, -0.25) is 0 Å². The maximum atomic E-state index is 11.3. The van der Waals surface area contributed by atoms with Gasteiger partial charge in [0.1, 0.15) is 5.75 Å². The molecular weight excluding hydrogens is 330 g/mol. The van der Waals surface area contributed by atoms with E-state index in [1.165, 1.54) is 0 Å². The summed E-state index contributed by atoms with van der Waals surface area (Å²) in [4.78, 5) is 11.3. The van der Waals surface area contributed by atoms with Crippen LogP contribution in [0.3, 0.4) is 0 Å². The summed E-state index contributed by atoms with van der Waals surface area (Å²) >= 11 is 0. The highest BCUT2D eigenvalue weighted by Crippen LogP contribution is 2.36. The molecule has 0 spiro atoms. The lowest BCUT2D eigenvalue weighted by Crippen LogP contribution is -2.09. The minimum atomic E-state index is -1.33. The largest absolute Gasteiger partial charge is 0.512 e. The summed E-state index contributed by atoms with van der Waals surface area (Å²) in [6.45, 7) is 4.47. The van der Waals surface area contributed by atoms with Gasteiger partial charge in [-0.25, -0.2) is 4.79 Å². The number of carboxylic acid groups (broad SMARTS) is 1. The quantitative estimate of drug-likeness (QED) is 0.665. The molecule has 5 nitrogen and oxygen atoms in total. The second-order valence-corrected chi connectivity index (χ2v) is 6.20. The lowest BCUT2D eigenvalue weighted by Gasteiger charge is -2.11. The van der Waals surface area contributed by atoms with E-state index < -0.39 is 6.16 Å². The summed E-state index contributed by atoms with van der Waals surface area (Å²) < 4.78 is 12.2. The molecule has 5 heteroatoms. The second-order valence-electron chi connectivity index (χ2n) is 6.20. The molecule has 26 heavy (non-hydrogen) atoms. The van der Waals surface area contributed by atoms with Crippen LogP contribution in [0.2, 0.25) is 0 Å². The molecule has 0 bridgehead atoms. The van der Waals surface area contributed by atoms with E-state index in [4.69, 9.17) is 9.47 Å². The van der Waals surface area contributed by atoms with Gasteiger partial charge in [-0.15, -0.1) is 0 Å². The first-order valence-electron chi connectivity index (χ1n) is 8.28. The predicted molar refractivity (Wildman–Crippen MR) is 100 cm³/mol. The van der Waals surface area contributed by atoms with Gasteiger partial charge in [0.2, 0.25) is 5.88 Å². The number of hydrogen-bond acceptors (Lipinski definition) is 3. The Bertz CT molecular complexity index is 908. The minimum Gasteiger partial charge on any atom is -0.497 e. The van der Waals surface area contributed by atoms with Crippen molar-refractivity contribution in [3.05, 3.63) is 71.4 Å². The van der Waals surface area contributed by atoms with Crippen molar-refractivity contribution >= 4 is 6.16 Å². The van der Waals surface area contributed by atoms with Crippen LogP contribution < -0.4 is 9.47 Å². The summed E-state index contributed by atoms with van der Waals surface area (Å²) in [5, 5.41) is 9.20. The maximum Gasteiger partial charge on any atom is 0.512 e. The summed E-state index contributed by atoms with van der Waals surface area (Å²) in [7, 11) is 1.62. The lowest BCUT2D eigenvalue weighted by atomic mass is 10.0. The Balaban J connectivity index is 2.02. The normalized spacial score (nSPS) is 10.6. The van der Waals surface area contributed by atoms with Gasteiger partial charge >= 0.3 is 6.16 Å². The molecule has 0 radical (unpaired) electrons. The monoisotopic (exact) mass is 351 g/mol. The molecule has 0 amide bonds. The molecule has 2 aromatic carbocycles. The average Bonchev–Trinajstić information content (AvgIpc) is 2.91. The molecule has 1 N–H and O–H groups in total. The van der Waals surface area contributed by atoms with Crippen LogP contribution in [-0.4, -0.2) is 22.9 Å². The fourth-order valence-electron chi connectivity index (χ4n) is 2.98. The highest BCUT2D eigenvalue weighted by molar-refractivity contribution is 5.76. The van der Waals surface area contributed by atoms with E-state index in [2.05, 4.69) is 0 Å². The van der Waals surface area contributed by atoms with E-state index >= 15 is 0 Å². The van der Waals surface area contributed by atoms with E-state index in [0.29, 0.717) is 12.4 Å². The fraction of sp³-hybridized carbons (Fsp3) is 0.190. The number of rotatable bonds is 5. The fourth-order valence-corrected chi connectivity index (χ4v) is 2.98. The molecule has 3 rings (SSSR count). The van der Waals surface area contributed by atoms with E-state index in [9.17, 15) is 9.90 Å². The molecule has 0 aliphatic carbocycles. The van der Waals surface area contributed by atoms with Crippen LogP contribution in [0.5, 0.6) is 11.6 Å². The molecule has 134 valence electrons. The van der Waals surface area contributed by atoms with Crippen molar-refractivity contribution in [2.24, 2.45) is 0 Å². The molecule has 0 saturated carbocycles. The Morgan fingerprint density at radius 3 is 2.27 bits per heavy atom. The van der Waals surface area contributed by atoms with E-state index in [1.807, 2.05) is 73.1 Å². The van der Waals surface area contributed by atoms with Crippen molar-refractivity contribution in [3.8, 4) is 22.8 Å². The van der Waals surface area contributed by atoms with Crippen LogP contribution in [0.1, 0.15) is 16.7 Å². The first-order chi connectivity index (χ1) is 12.5. The predicted octanol–water partition coefficient (Wildman–Crippen LogP) is 4.89. The van der Waals surface area contributed by atoms with E-state index in [1.54, 1.807) is 7.11 Å². The highest BCUT2D eigenvalue weighted by atomic mass is 16.7. The smallest absolute Gasteiger partial charge is 0.497 e. The van der Waals surface area contributed by atoms with Crippen LogP contribution in [0.4, 0.5) is 4.79 Å². The van der Waals surface area contributed by atoms with Gasteiger partial charge in [-0.1, -0.05) is 42.0 Å². The molecule has 0 aliphatic rings. The zero-order valence-electron chi connectivity index (χ0n) is 15.0. The second kappa shape index (κ2) is 7.35. The topological polar surface area (TPSA) is 60.7 Å². The zero-order valence-corrected chi connectivity index (χ0v) is 15.0. The summed E-state index contributed by atoms with van der Waals surface area (Å²) in [5.74, 6) is 1.11. The number of carbonyl (C=O) groups is 1. The van der Waals surface area contributed by atoms with Crippen molar-refractivity contribution in [1.82, 2.24) is 4.57 Å². The lowest BCUT2D eigenvalue weighted by molar-refractivity contribution is 0.141. The first-order valence-corrected chi connectivity index (χ1v) is 8.28. The highest BCUT2D eigenvalue weighted by Gasteiger charge is 2.19. The number of benzene rings is 2. The van der Waals surface area contributed by atoms with Crippen molar-refractivity contribution in [2.45, 2.75) is 20.4 Å². The third-order valence-corrected chi connectivity index (χ3v) is 4.25. The number of aryl methyl sites for hydroxylation is 2. The van der Waals surface area contributed by atoms with E-state index in [0.717, 1.165) is 33.6 Å². The van der Waals surface area contributed by atoms with Gasteiger partial charge in [-0.05, 0) is 42.7 Å². The maximum absolute atomic E-state index is 11.3. The van der Waals surface area contributed by atoms with Gasteiger partial charge in [0, 0.05) is 11.8 Å². The standard InChI is InChI=1S/C21H21NO4/c1-14-4-8-17(9-5-14)19-15(2)12-22(20(19)26-21(23)24)13-16-6-10-18(25-3)11-7-16/h4-12H,13H2,1-3H3,(H,23,24). The number of hydrogen-bond donors (Lipinski definition) is 1. The average molecular weight is 351 g/mol. The van der Waals surface area contributed by atoms with Crippen LogP contribution in [0.25, 0.3) is 11.1 Å². The molecule has 0 atom stereocenters. The van der Waals surface area contributed by atoms with Crippen LogP contribution in [0, 0.1) is 13.8 Å². The van der Waals surface area contributed by atoms with Crippen molar-refractivity contribution in [3.63, 3.8) is 0 Å². The number of nitrogens with zero attached hydrogens (tertiary/aromatic N) is 1. The molecular formula is C21H21NO4. The Morgan fingerprint density at radius 2 is 1.69 bits per heavy atom. The first kappa shape index (κ1) is 17.6. The molecule has 3 aromatic rings. The van der Waals surface area contributed by atoms with Gasteiger partial charge in [-0.2, -0.15) is 0 Å². The number of methoxy groups -OCH3 is 1. The van der Waals surface area contributed by atoms with Crippen molar-refractivity contribution in [1.29, 1.82) is 0 Å². The molecule has 0 fully saturated rings. The van der Waals surface area contributed by atoms with Gasteiger partial charge in [0.05, 0.1) is 13.7 Å². The van der Waals surface area contributed by atoms with Crippen molar-refractivity contribution in [2.75, 3.05) is 7.11 Å². The Labute approximate surface area is 152 Å².